The molecular formula is C13H20N2O3. The van der Waals surface area contributed by atoms with Crippen LogP contribution in [-0.2, 0) is 0 Å². The number of pyridine rings is 1. The quantitative estimate of drug-likeness (QED) is 0.802. The minimum Gasteiger partial charge on any atom is -0.506 e. The van der Waals surface area contributed by atoms with Crippen LogP contribution >= 0.6 is 0 Å². The first-order valence-electron chi connectivity index (χ1n) is 6.19. The molecule has 2 N–H and O–H groups in total. The molecule has 0 saturated heterocycles. The molecule has 0 aliphatic carbocycles. The van der Waals surface area contributed by atoms with Crippen molar-refractivity contribution in [1.82, 2.24) is 9.88 Å². The van der Waals surface area contributed by atoms with Crippen LogP contribution in [0.2, 0.25) is 0 Å². The third-order valence-electron chi connectivity index (χ3n) is 2.96. The summed E-state index contributed by atoms with van der Waals surface area (Å²) in [5.74, 6) is -0.240. The van der Waals surface area contributed by atoms with Crippen LogP contribution in [0.4, 0.5) is 0 Å². The number of aliphatic hydroxyl groups is 1. The van der Waals surface area contributed by atoms with Gasteiger partial charge in [0, 0.05) is 18.8 Å². The zero-order valence-corrected chi connectivity index (χ0v) is 10.8. The lowest BCUT2D eigenvalue weighted by molar-refractivity contribution is 0.0621. The second-order valence-electron chi connectivity index (χ2n) is 4.12. The van der Waals surface area contributed by atoms with E-state index in [1.807, 2.05) is 13.8 Å². The highest BCUT2D eigenvalue weighted by Gasteiger charge is 2.22. The van der Waals surface area contributed by atoms with Crippen molar-refractivity contribution < 1.29 is 15.0 Å². The molecule has 100 valence electrons. The van der Waals surface area contributed by atoms with E-state index >= 15 is 0 Å². The molecule has 1 aromatic rings. The van der Waals surface area contributed by atoms with Gasteiger partial charge in [0.05, 0.1) is 18.4 Å². The zero-order chi connectivity index (χ0) is 13.5. The summed E-state index contributed by atoms with van der Waals surface area (Å²) in [4.78, 5) is 17.7. The first kappa shape index (κ1) is 14.4. The van der Waals surface area contributed by atoms with Gasteiger partial charge in [0.2, 0.25) is 0 Å². The lowest BCUT2D eigenvalue weighted by Gasteiger charge is -2.30. The van der Waals surface area contributed by atoms with Gasteiger partial charge >= 0.3 is 0 Å². The molecule has 1 amide bonds. The lowest BCUT2D eigenvalue weighted by atomic mass is 10.1. The van der Waals surface area contributed by atoms with E-state index < -0.39 is 0 Å². The third kappa shape index (κ3) is 3.43. The number of aliphatic hydroxyl groups excluding tert-OH is 1. The third-order valence-corrected chi connectivity index (χ3v) is 2.96. The fraction of sp³-hybridized carbons (Fsp3) is 0.538. The van der Waals surface area contributed by atoms with Crippen molar-refractivity contribution in [3.8, 4) is 5.75 Å². The van der Waals surface area contributed by atoms with Gasteiger partial charge in [-0.25, -0.2) is 0 Å². The normalized spacial score (nSPS) is 10.7. The Morgan fingerprint density at radius 2 is 2.06 bits per heavy atom. The van der Waals surface area contributed by atoms with Gasteiger partial charge in [-0.1, -0.05) is 13.8 Å². The van der Waals surface area contributed by atoms with Crippen molar-refractivity contribution in [2.45, 2.75) is 32.7 Å². The monoisotopic (exact) mass is 252 g/mol. The minimum atomic E-state index is -0.207. The number of hydrogen-bond acceptors (Lipinski definition) is 4. The van der Waals surface area contributed by atoms with Crippen molar-refractivity contribution in [3.63, 3.8) is 0 Å². The molecule has 5 heteroatoms. The summed E-state index contributed by atoms with van der Waals surface area (Å²) in [7, 11) is 0. The van der Waals surface area contributed by atoms with Crippen LogP contribution in [0.1, 0.15) is 37.0 Å². The molecule has 0 aliphatic heterocycles. The maximum atomic E-state index is 12.3. The largest absolute Gasteiger partial charge is 0.506 e. The van der Waals surface area contributed by atoms with Gasteiger partial charge in [0.25, 0.3) is 5.91 Å². The molecule has 0 atom stereocenters. The van der Waals surface area contributed by atoms with Crippen LogP contribution in [0.3, 0.4) is 0 Å². The predicted octanol–water partition coefficient (Wildman–Crippen LogP) is 1.41. The number of aromatic hydroxyl groups is 1. The van der Waals surface area contributed by atoms with Crippen molar-refractivity contribution in [2.75, 3.05) is 13.2 Å². The smallest absolute Gasteiger partial charge is 0.255 e. The number of rotatable bonds is 6. The Morgan fingerprint density at radius 1 is 1.39 bits per heavy atom. The highest BCUT2D eigenvalue weighted by Crippen LogP contribution is 2.15. The summed E-state index contributed by atoms with van der Waals surface area (Å²) >= 11 is 0. The predicted molar refractivity (Wildman–Crippen MR) is 68.4 cm³/mol. The molecule has 0 fully saturated rings. The first-order chi connectivity index (χ1) is 8.63. The van der Waals surface area contributed by atoms with Crippen LogP contribution in [-0.4, -0.2) is 45.2 Å². The van der Waals surface area contributed by atoms with Crippen LogP contribution in [0.15, 0.2) is 18.5 Å². The highest BCUT2D eigenvalue weighted by molar-refractivity contribution is 5.94. The van der Waals surface area contributed by atoms with E-state index in [0.717, 1.165) is 12.8 Å². The van der Waals surface area contributed by atoms with E-state index in [4.69, 9.17) is 5.11 Å². The van der Waals surface area contributed by atoms with Crippen molar-refractivity contribution in [3.05, 3.63) is 24.0 Å². The Balaban J connectivity index is 2.95. The van der Waals surface area contributed by atoms with Crippen LogP contribution in [0, 0.1) is 0 Å². The van der Waals surface area contributed by atoms with Crippen molar-refractivity contribution in [1.29, 1.82) is 0 Å². The van der Waals surface area contributed by atoms with E-state index in [-0.39, 0.29) is 24.3 Å². The lowest BCUT2D eigenvalue weighted by Crippen LogP contribution is -2.41. The summed E-state index contributed by atoms with van der Waals surface area (Å²) < 4.78 is 0. The SMILES string of the molecule is CCC(CC)N(CCO)C(=O)c1cncc(O)c1. The summed E-state index contributed by atoms with van der Waals surface area (Å²) in [6.45, 7) is 4.23. The number of carbonyl (C=O) groups excluding carboxylic acids is 1. The second-order valence-corrected chi connectivity index (χ2v) is 4.12. The number of nitrogens with zero attached hydrogens (tertiary/aromatic N) is 2. The number of hydrogen-bond donors (Lipinski definition) is 2. The van der Waals surface area contributed by atoms with Gasteiger partial charge in [-0.15, -0.1) is 0 Å². The molecule has 5 nitrogen and oxygen atoms in total. The highest BCUT2D eigenvalue weighted by atomic mass is 16.3. The number of amides is 1. The topological polar surface area (TPSA) is 73.7 Å². The first-order valence-corrected chi connectivity index (χ1v) is 6.19. The summed E-state index contributed by atoms with van der Waals surface area (Å²) in [6, 6.07) is 1.48. The van der Waals surface area contributed by atoms with Crippen LogP contribution < -0.4 is 0 Å². The molecule has 1 rings (SSSR count). The number of carbonyl (C=O) groups is 1. The van der Waals surface area contributed by atoms with E-state index in [1.54, 1.807) is 4.90 Å². The Hall–Kier alpha value is -1.62. The second kappa shape index (κ2) is 6.96. The molecule has 0 unspecified atom stereocenters. The Kier molecular flexibility index (Phi) is 5.58. The summed E-state index contributed by atoms with van der Waals surface area (Å²) in [5.41, 5.74) is 0.343. The van der Waals surface area contributed by atoms with Gasteiger partial charge in [0.1, 0.15) is 5.75 Å². The summed E-state index contributed by atoms with van der Waals surface area (Å²) in [5, 5.41) is 18.4. The molecular weight excluding hydrogens is 232 g/mol. The Bertz CT molecular complexity index is 392. The zero-order valence-electron chi connectivity index (χ0n) is 10.8. The maximum Gasteiger partial charge on any atom is 0.255 e. The van der Waals surface area contributed by atoms with Gasteiger partial charge in [-0.3, -0.25) is 9.78 Å². The maximum absolute atomic E-state index is 12.3. The molecule has 0 saturated carbocycles. The molecule has 0 bridgehead atoms. The van der Waals surface area contributed by atoms with Gasteiger partial charge < -0.3 is 15.1 Å². The number of aromatic nitrogens is 1. The van der Waals surface area contributed by atoms with E-state index in [9.17, 15) is 9.90 Å². The van der Waals surface area contributed by atoms with Gasteiger partial charge in [0.15, 0.2) is 0 Å². The fourth-order valence-electron chi connectivity index (χ4n) is 2.00. The minimum absolute atomic E-state index is 0.0330. The van der Waals surface area contributed by atoms with Crippen LogP contribution in [0.5, 0.6) is 5.75 Å². The standard InChI is InChI=1S/C13H20N2O3/c1-3-11(4-2)15(5-6-16)13(18)10-7-12(17)9-14-8-10/h7-9,11,16-17H,3-6H2,1-2H3. The molecule has 0 spiro atoms. The Morgan fingerprint density at radius 3 is 2.56 bits per heavy atom. The molecule has 0 aliphatic rings. The van der Waals surface area contributed by atoms with Gasteiger partial charge in [-0.2, -0.15) is 0 Å². The molecule has 1 heterocycles. The summed E-state index contributed by atoms with van der Waals surface area (Å²) in [6.07, 6.45) is 4.36. The van der Waals surface area contributed by atoms with Crippen LogP contribution in [0.25, 0.3) is 0 Å². The fourth-order valence-corrected chi connectivity index (χ4v) is 2.00. The van der Waals surface area contributed by atoms with E-state index in [0.29, 0.717) is 12.1 Å². The Labute approximate surface area is 107 Å². The van der Waals surface area contributed by atoms with Crippen molar-refractivity contribution in [2.24, 2.45) is 0 Å². The molecule has 0 aromatic carbocycles. The van der Waals surface area contributed by atoms with Gasteiger partial charge in [-0.05, 0) is 18.9 Å². The molecule has 1 aromatic heterocycles. The van der Waals surface area contributed by atoms with Crippen molar-refractivity contribution >= 4 is 5.91 Å². The molecule has 18 heavy (non-hydrogen) atoms. The van der Waals surface area contributed by atoms with E-state index in [1.165, 1.54) is 18.5 Å². The average Bonchev–Trinajstić information content (AvgIpc) is 2.38. The average molecular weight is 252 g/mol. The molecule has 0 radical (unpaired) electrons. The van der Waals surface area contributed by atoms with E-state index in [2.05, 4.69) is 4.98 Å².